The second kappa shape index (κ2) is 9.98. The van der Waals surface area contributed by atoms with E-state index in [0.717, 1.165) is 0 Å². The van der Waals surface area contributed by atoms with Crippen molar-refractivity contribution in [1.29, 1.82) is 0 Å². The molecule has 188 valence electrons. The zero-order chi connectivity index (χ0) is 25.2. The molecule has 0 saturated carbocycles. The van der Waals surface area contributed by atoms with Crippen molar-refractivity contribution in [3.05, 3.63) is 65.4 Å². The third-order valence-electron chi connectivity index (χ3n) is 6.06. The topological polar surface area (TPSA) is 98.9 Å². The first-order chi connectivity index (χ1) is 17.4. The monoisotopic (exact) mass is 494 g/mol. The molecule has 1 atom stereocenters. The van der Waals surface area contributed by atoms with E-state index in [2.05, 4.69) is 15.5 Å². The van der Waals surface area contributed by atoms with Crippen molar-refractivity contribution in [2.24, 2.45) is 0 Å². The number of halogens is 1. The Morgan fingerprint density at radius 2 is 1.94 bits per heavy atom. The minimum Gasteiger partial charge on any atom is -0.454 e. The first-order valence-electron chi connectivity index (χ1n) is 11.8. The zero-order valence-corrected chi connectivity index (χ0v) is 20.3. The van der Waals surface area contributed by atoms with E-state index in [1.165, 1.54) is 12.1 Å². The van der Waals surface area contributed by atoms with Crippen LogP contribution in [0.25, 0.3) is 17.0 Å². The number of aromatic nitrogens is 2. The maximum absolute atomic E-state index is 13.6. The van der Waals surface area contributed by atoms with Gasteiger partial charge in [-0.05, 0) is 63.1 Å². The minimum absolute atomic E-state index is 0.114. The number of urea groups is 1. The fourth-order valence-corrected chi connectivity index (χ4v) is 4.26. The first-order valence-corrected chi connectivity index (χ1v) is 11.8. The molecule has 1 aromatic heterocycles. The van der Waals surface area contributed by atoms with E-state index in [9.17, 15) is 9.18 Å². The predicted octanol–water partition coefficient (Wildman–Crippen LogP) is 4.92. The summed E-state index contributed by atoms with van der Waals surface area (Å²) in [6.45, 7) is 6.93. The highest BCUT2D eigenvalue weighted by molar-refractivity contribution is 5.86. The van der Waals surface area contributed by atoms with E-state index < -0.39 is 6.04 Å². The van der Waals surface area contributed by atoms with E-state index in [0.29, 0.717) is 59.3 Å². The van der Waals surface area contributed by atoms with Crippen molar-refractivity contribution in [3.8, 4) is 22.9 Å². The summed E-state index contributed by atoms with van der Waals surface area (Å²) in [7, 11) is 0. The zero-order valence-electron chi connectivity index (χ0n) is 20.3. The van der Waals surface area contributed by atoms with Crippen LogP contribution in [0.15, 0.2) is 52.7 Å². The number of carbonyl (C=O) groups is 1. The third-order valence-corrected chi connectivity index (χ3v) is 6.06. The third kappa shape index (κ3) is 4.76. The molecule has 36 heavy (non-hydrogen) atoms. The van der Waals surface area contributed by atoms with Crippen LogP contribution in [0.5, 0.6) is 11.5 Å². The van der Waals surface area contributed by atoms with Gasteiger partial charge in [0.15, 0.2) is 11.5 Å². The number of nitrogens with zero attached hydrogens (tertiary/aromatic N) is 3. The van der Waals surface area contributed by atoms with Gasteiger partial charge in [0.1, 0.15) is 5.82 Å². The number of fused-ring (bicyclic) bond motifs is 1. The van der Waals surface area contributed by atoms with Crippen LogP contribution in [0.2, 0.25) is 0 Å². The summed E-state index contributed by atoms with van der Waals surface area (Å²) in [4.78, 5) is 19.4. The normalized spacial score (nSPS) is 17.2. The van der Waals surface area contributed by atoms with Crippen LogP contribution in [0.4, 0.5) is 9.18 Å². The van der Waals surface area contributed by atoms with Crippen LogP contribution in [0.3, 0.4) is 0 Å². The van der Waals surface area contributed by atoms with E-state index in [-0.39, 0.29) is 30.6 Å². The fourth-order valence-electron chi connectivity index (χ4n) is 4.26. The molecule has 2 aliphatic heterocycles. The molecule has 0 fully saturated rings. The number of amides is 2. The van der Waals surface area contributed by atoms with Crippen LogP contribution in [-0.2, 0) is 4.74 Å². The summed E-state index contributed by atoms with van der Waals surface area (Å²) in [5, 5.41) is 7.19. The second-order valence-electron chi connectivity index (χ2n) is 8.85. The molecule has 0 bridgehead atoms. The molecule has 10 heteroatoms. The van der Waals surface area contributed by atoms with Crippen LogP contribution in [0, 0.1) is 5.82 Å². The fraction of sp³-hybridized carbons (Fsp3) is 0.346. The number of allylic oxidation sites excluding steroid dienone is 1. The van der Waals surface area contributed by atoms with Gasteiger partial charge >= 0.3 is 6.03 Å². The molecule has 3 aromatic rings. The number of carbonyl (C=O) groups excluding carboxylic acids is 1. The van der Waals surface area contributed by atoms with Crippen molar-refractivity contribution >= 4 is 11.6 Å². The van der Waals surface area contributed by atoms with Crippen LogP contribution in [0.1, 0.15) is 44.7 Å². The number of hydrogen-bond acceptors (Lipinski definition) is 7. The molecule has 0 saturated heterocycles. The Bertz CT molecular complexity index is 1290. The molecule has 3 heterocycles. The van der Waals surface area contributed by atoms with E-state index >= 15 is 0 Å². The van der Waals surface area contributed by atoms with Crippen molar-refractivity contribution in [2.45, 2.75) is 39.3 Å². The standard InChI is InChI=1S/C26H27FN4O5/c1-15(2)33-12-4-11-31-16(3)22(23(28-26(31)32)17-5-8-19(27)9-6-17)25-29-24(30-36-25)18-7-10-20-21(13-18)35-14-34-20/h5-10,13,15,23H,4,11-12,14H2,1-3H3,(H,28,32). The van der Waals surface area contributed by atoms with Gasteiger partial charge in [0.25, 0.3) is 5.89 Å². The number of nitrogens with one attached hydrogen (secondary N) is 1. The summed E-state index contributed by atoms with van der Waals surface area (Å²) in [6.07, 6.45) is 0.771. The highest BCUT2D eigenvalue weighted by atomic mass is 19.1. The Morgan fingerprint density at radius 3 is 2.72 bits per heavy atom. The van der Waals surface area contributed by atoms with Gasteiger partial charge in [-0.2, -0.15) is 4.98 Å². The van der Waals surface area contributed by atoms with Gasteiger partial charge in [-0.15, -0.1) is 0 Å². The van der Waals surface area contributed by atoms with Crippen LogP contribution in [-0.4, -0.2) is 47.1 Å². The highest BCUT2D eigenvalue weighted by Crippen LogP contribution is 2.39. The number of hydrogen-bond donors (Lipinski definition) is 1. The maximum Gasteiger partial charge on any atom is 0.322 e. The Kier molecular flexibility index (Phi) is 6.60. The lowest BCUT2D eigenvalue weighted by Gasteiger charge is -2.35. The predicted molar refractivity (Wildman–Crippen MR) is 129 cm³/mol. The van der Waals surface area contributed by atoms with Gasteiger partial charge in [-0.1, -0.05) is 17.3 Å². The van der Waals surface area contributed by atoms with Gasteiger partial charge in [0, 0.05) is 24.4 Å². The van der Waals surface area contributed by atoms with Gasteiger partial charge < -0.3 is 24.1 Å². The second-order valence-corrected chi connectivity index (χ2v) is 8.85. The Hall–Kier alpha value is -3.92. The Morgan fingerprint density at radius 1 is 1.17 bits per heavy atom. The maximum atomic E-state index is 13.6. The van der Waals surface area contributed by atoms with Crippen LogP contribution >= 0.6 is 0 Å². The molecule has 0 aliphatic carbocycles. The molecule has 2 aliphatic rings. The lowest BCUT2D eigenvalue weighted by atomic mass is 9.94. The van der Waals surface area contributed by atoms with Gasteiger partial charge in [0.2, 0.25) is 12.6 Å². The Balaban J connectivity index is 1.50. The van der Waals surface area contributed by atoms with E-state index in [1.54, 1.807) is 29.2 Å². The summed E-state index contributed by atoms with van der Waals surface area (Å²) in [5.41, 5.74) is 2.72. The molecule has 2 amide bonds. The van der Waals surface area contributed by atoms with E-state index in [4.69, 9.17) is 18.7 Å². The minimum atomic E-state index is -0.591. The molecular weight excluding hydrogens is 467 g/mol. The molecule has 1 unspecified atom stereocenters. The molecule has 0 radical (unpaired) electrons. The summed E-state index contributed by atoms with van der Waals surface area (Å²) in [5.74, 6) is 1.54. The van der Waals surface area contributed by atoms with Crippen molar-refractivity contribution in [3.63, 3.8) is 0 Å². The number of rotatable bonds is 8. The number of ether oxygens (including phenoxy) is 3. The van der Waals surface area contributed by atoms with Crippen LogP contribution < -0.4 is 14.8 Å². The van der Waals surface area contributed by atoms with Crippen molar-refractivity contribution in [2.75, 3.05) is 19.9 Å². The van der Waals surface area contributed by atoms with Gasteiger partial charge in [-0.3, -0.25) is 4.90 Å². The van der Waals surface area contributed by atoms with Gasteiger partial charge in [-0.25, -0.2) is 9.18 Å². The molecule has 2 aromatic carbocycles. The smallest absolute Gasteiger partial charge is 0.322 e. The lowest BCUT2D eigenvalue weighted by molar-refractivity contribution is 0.0736. The SMILES string of the molecule is CC1=C(c2nc(-c3ccc4c(c3)OCO4)no2)C(c2ccc(F)cc2)NC(=O)N1CCCOC(C)C. The van der Waals surface area contributed by atoms with E-state index in [1.807, 2.05) is 26.8 Å². The molecule has 0 spiro atoms. The summed E-state index contributed by atoms with van der Waals surface area (Å²) >= 11 is 0. The highest BCUT2D eigenvalue weighted by Gasteiger charge is 2.35. The first kappa shape index (κ1) is 23.8. The quantitative estimate of drug-likeness (QED) is 0.444. The molecule has 1 N–H and O–H groups in total. The van der Waals surface area contributed by atoms with Gasteiger partial charge in [0.05, 0.1) is 17.7 Å². The molecular formula is C26H27FN4O5. The molecule has 5 rings (SSSR count). The average molecular weight is 495 g/mol. The average Bonchev–Trinajstić information content (AvgIpc) is 3.53. The lowest BCUT2D eigenvalue weighted by Crippen LogP contribution is -2.46. The van der Waals surface area contributed by atoms with Crippen molar-refractivity contribution < 1.29 is 27.9 Å². The number of benzene rings is 2. The summed E-state index contributed by atoms with van der Waals surface area (Å²) in [6, 6.07) is 10.5. The Labute approximate surface area is 207 Å². The largest absolute Gasteiger partial charge is 0.454 e. The van der Waals surface area contributed by atoms with Crippen molar-refractivity contribution in [1.82, 2.24) is 20.4 Å². The summed E-state index contributed by atoms with van der Waals surface area (Å²) < 4.78 is 35.8. The molecule has 9 nitrogen and oxygen atoms in total.